The van der Waals surface area contributed by atoms with E-state index in [0.29, 0.717) is 49.3 Å². The third-order valence-electron chi connectivity index (χ3n) is 5.49. The number of likely N-dealkylation sites (tertiary alicyclic amines) is 1. The van der Waals surface area contributed by atoms with E-state index >= 15 is 0 Å². The maximum atomic E-state index is 13.0. The molecule has 34 heavy (non-hydrogen) atoms. The molecule has 0 aromatic heterocycles. The minimum atomic E-state index is -0.670. The SMILES string of the molecule is CCCN1C(=O)C(=O)/C(=C(\O)c2ccc(OCC(C)C)cc2)C1c1ccc(OCC(C)C)cc1. The molecule has 2 aromatic rings. The van der Waals surface area contributed by atoms with E-state index < -0.39 is 17.7 Å². The minimum Gasteiger partial charge on any atom is -0.507 e. The molecular weight excluding hydrogens is 430 g/mol. The van der Waals surface area contributed by atoms with Crippen molar-refractivity contribution in [3.63, 3.8) is 0 Å². The molecule has 1 aliphatic rings. The summed E-state index contributed by atoms with van der Waals surface area (Å²) in [4.78, 5) is 27.4. The van der Waals surface area contributed by atoms with Crippen LogP contribution in [0.5, 0.6) is 11.5 Å². The number of Topliss-reactive ketones (excluding diaryl/α,β-unsaturated/α-hetero) is 1. The first kappa shape index (κ1) is 25.3. The average molecular weight is 466 g/mol. The summed E-state index contributed by atoms with van der Waals surface area (Å²) in [5.74, 6) is 0.759. The summed E-state index contributed by atoms with van der Waals surface area (Å²) in [5.41, 5.74) is 1.32. The van der Waals surface area contributed by atoms with Gasteiger partial charge in [0.05, 0.1) is 24.8 Å². The summed E-state index contributed by atoms with van der Waals surface area (Å²) in [7, 11) is 0. The molecule has 3 rings (SSSR count). The van der Waals surface area contributed by atoms with Crippen LogP contribution in [0.3, 0.4) is 0 Å². The predicted octanol–water partition coefficient (Wildman–Crippen LogP) is 5.59. The lowest BCUT2D eigenvalue weighted by Gasteiger charge is -2.25. The lowest BCUT2D eigenvalue weighted by atomic mass is 9.95. The van der Waals surface area contributed by atoms with Gasteiger partial charge >= 0.3 is 0 Å². The van der Waals surface area contributed by atoms with Crippen molar-refractivity contribution >= 4 is 17.4 Å². The molecule has 0 bridgehead atoms. The molecule has 1 aliphatic heterocycles. The highest BCUT2D eigenvalue weighted by molar-refractivity contribution is 6.46. The van der Waals surface area contributed by atoms with Crippen molar-refractivity contribution in [1.82, 2.24) is 4.90 Å². The Morgan fingerprint density at radius 3 is 1.85 bits per heavy atom. The van der Waals surface area contributed by atoms with Gasteiger partial charge < -0.3 is 19.5 Å². The number of benzene rings is 2. The van der Waals surface area contributed by atoms with Crippen molar-refractivity contribution < 1.29 is 24.2 Å². The fourth-order valence-corrected chi connectivity index (χ4v) is 3.83. The van der Waals surface area contributed by atoms with Crippen molar-refractivity contribution in [3.05, 3.63) is 65.2 Å². The van der Waals surface area contributed by atoms with Gasteiger partial charge in [0.25, 0.3) is 11.7 Å². The Balaban J connectivity index is 1.96. The zero-order valence-corrected chi connectivity index (χ0v) is 20.7. The minimum absolute atomic E-state index is 0.102. The van der Waals surface area contributed by atoms with Crippen LogP contribution in [0.25, 0.3) is 5.76 Å². The number of hydrogen-bond donors (Lipinski definition) is 1. The monoisotopic (exact) mass is 465 g/mol. The van der Waals surface area contributed by atoms with Gasteiger partial charge in [-0.25, -0.2) is 0 Å². The molecule has 0 radical (unpaired) electrons. The van der Waals surface area contributed by atoms with E-state index in [-0.39, 0.29) is 11.3 Å². The average Bonchev–Trinajstić information content (AvgIpc) is 3.07. The van der Waals surface area contributed by atoms with Gasteiger partial charge in [-0.3, -0.25) is 9.59 Å². The number of hydrogen-bond acceptors (Lipinski definition) is 5. The van der Waals surface area contributed by atoms with Crippen LogP contribution in [0.15, 0.2) is 54.1 Å². The normalized spacial score (nSPS) is 17.6. The number of aliphatic hydroxyl groups is 1. The predicted molar refractivity (Wildman–Crippen MR) is 133 cm³/mol. The first-order valence-electron chi connectivity index (χ1n) is 12.0. The number of amides is 1. The van der Waals surface area contributed by atoms with Gasteiger partial charge in [0.2, 0.25) is 0 Å². The Labute approximate surface area is 202 Å². The topological polar surface area (TPSA) is 76.1 Å². The van der Waals surface area contributed by atoms with Crippen LogP contribution in [0.2, 0.25) is 0 Å². The summed E-state index contributed by atoms with van der Waals surface area (Å²) >= 11 is 0. The summed E-state index contributed by atoms with van der Waals surface area (Å²) < 4.78 is 11.5. The van der Waals surface area contributed by atoms with E-state index in [1.54, 1.807) is 24.3 Å². The number of nitrogens with zero attached hydrogens (tertiary/aromatic N) is 1. The highest BCUT2D eigenvalue weighted by Crippen LogP contribution is 2.40. The molecule has 182 valence electrons. The van der Waals surface area contributed by atoms with Gasteiger partial charge in [0, 0.05) is 12.1 Å². The molecule has 0 aliphatic carbocycles. The van der Waals surface area contributed by atoms with Crippen LogP contribution >= 0.6 is 0 Å². The molecule has 1 fully saturated rings. The Hall–Kier alpha value is -3.28. The molecule has 1 unspecified atom stereocenters. The molecule has 2 aromatic carbocycles. The smallest absolute Gasteiger partial charge is 0.295 e. The van der Waals surface area contributed by atoms with Gasteiger partial charge in [-0.1, -0.05) is 46.8 Å². The third kappa shape index (κ3) is 5.79. The second-order valence-corrected chi connectivity index (χ2v) is 9.50. The number of rotatable bonds is 10. The van der Waals surface area contributed by atoms with Crippen LogP contribution in [0.1, 0.15) is 58.2 Å². The Morgan fingerprint density at radius 1 is 0.882 bits per heavy atom. The van der Waals surface area contributed by atoms with Crippen LogP contribution in [0, 0.1) is 11.8 Å². The number of aliphatic hydroxyl groups excluding tert-OH is 1. The van der Waals surface area contributed by atoms with Crippen molar-refractivity contribution in [2.45, 2.75) is 47.1 Å². The molecule has 0 spiro atoms. The van der Waals surface area contributed by atoms with Crippen LogP contribution in [0.4, 0.5) is 0 Å². The lowest BCUT2D eigenvalue weighted by molar-refractivity contribution is -0.139. The van der Waals surface area contributed by atoms with Crippen molar-refractivity contribution in [1.29, 1.82) is 0 Å². The van der Waals surface area contributed by atoms with E-state index in [0.717, 1.165) is 11.3 Å². The van der Waals surface area contributed by atoms with Crippen molar-refractivity contribution in [2.24, 2.45) is 11.8 Å². The van der Waals surface area contributed by atoms with Gasteiger partial charge in [-0.15, -0.1) is 0 Å². The summed E-state index contributed by atoms with van der Waals surface area (Å²) in [5, 5.41) is 11.1. The van der Waals surface area contributed by atoms with Crippen molar-refractivity contribution in [2.75, 3.05) is 19.8 Å². The van der Waals surface area contributed by atoms with E-state index in [1.807, 2.05) is 31.2 Å². The Bertz CT molecular complexity index is 1020. The summed E-state index contributed by atoms with van der Waals surface area (Å²) in [6.07, 6.45) is 0.695. The molecule has 6 heteroatoms. The highest BCUT2D eigenvalue weighted by Gasteiger charge is 2.45. The van der Waals surface area contributed by atoms with Gasteiger partial charge in [0.1, 0.15) is 17.3 Å². The van der Waals surface area contributed by atoms with Gasteiger partial charge in [-0.05, 0) is 60.2 Å². The van der Waals surface area contributed by atoms with Crippen LogP contribution < -0.4 is 9.47 Å². The largest absolute Gasteiger partial charge is 0.507 e. The second kappa shape index (κ2) is 11.2. The van der Waals surface area contributed by atoms with Crippen LogP contribution in [-0.2, 0) is 9.59 Å². The van der Waals surface area contributed by atoms with E-state index in [1.165, 1.54) is 4.90 Å². The lowest BCUT2D eigenvalue weighted by Crippen LogP contribution is -2.30. The molecule has 1 heterocycles. The maximum Gasteiger partial charge on any atom is 0.295 e. The molecule has 1 saturated heterocycles. The molecule has 1 atom stereocenters. The van der Waals surface area contributed by atoms with E-state index in [2.05, 4.69) is 27.7 Å². The van der Waals surface area contributed by atoms with Crippen molar-refractivity contribution in [3.8, 4) is 11.5 Å². The number of ether oxygens (including phenoxy) is 2. The van der Waals surface area contributed by atoms with Gasteiger partial charge in [0.15, 0.2) is 0 Å². The fraction of sp³-hybridized carbons (Fsp3) is 0.429. The number of carbonyl (C=O) groups excluding carboxylic acids is 2. The molecular formula is C28H35NO5. The molecule has 6 nitrogen and oxygen atoms in total. The fourth-order valence-electron chi connectivity index (χ4n) is 3.83. The Morgan fingerprint density at radius 2 is 1.38 bits per heavy atom. The summed E-state index contributed by atoms with van der Waals surface area (Å²) in [6.45, 7) is 11.9. The van der Waals surface area contributed by atoms with Crippen LogP contribution in [-0.4, -0.2) is 41.5 Å². The highest BCUT2D eigenvalue weighted by atomic mass is 16.5. The number of ketones is 1. The second-order valence-electron chi connectivity index (χ2n) is 9.50. The number of carbonyl (C=O) groups is 2. The van der Waals surface area contributed by atoms with E-state index in [9.17, 15) is 14.7 Å². The van der Waals surface area contributed by atoms with E-state index in [4.69, 9.17) is 9.47 Å². The standard InChI is InChI=1S/C28H35NO5/c1-6-15-29-25(20-7-11-22(12-8-20)33-16-18(2)3)24(27(31)28(29)32)26(30)21-9-13-23(14-10-21)34-17-19(4)5/h7-14,18-19,25,30H,6,15-17H2,1-5H3/b26-24-. The quantitative estimate of drug-likeness (QED) is 0.281. The third-order valence-corrected chi connectivity index (χ3v) is 5.49. The zero-order chi connectivity index (χ0) is 24.8. The maximum absolute atomic E-state index is 13.0. The first-order chi connectivity index (χ1) is 16.2. The molecule has 0 saturated carbocycles. The van der Waals surface area contributed by atoms with Gasteiger partial charge in [-0.2, -0.15) is 0 Å². The molecule has 1 amide bonds. The Kier molecular flexibility index (Phi) is 8.37. The first-order valence-corrected chi connectivity index (χ1v) is 12.0. The zero-order valence-electron chi connectivity index (χ0n) is 20.7. The summed E-state index contributed by atoms with van der Waals surface area (Å²) in [6, 6.07) is 13.7. The molecule has 1 N–H and O–H groups in total.